The third kappa shape index (κ3) is 3.44. The van der Waals surface area contributed by atoms with Crippen molar-refractivity contribution in [1.29, 1.82) is 0 Å². The number of nitrogens with one attached hydrogen (secondary N) is 1. The summed E-state index contributed by atoms with van der Waals surface area (Å²) >= 11 is 5.97. The van der Waals surface area contributed by atoms with Gasteiger partial charge in [-0.2, -0.15) is 0 Å². The number of benzene rings is 1. The number of aromatic nitrogens is 1. The fraction of sp³-hybridized carbons (Fsp3) is 0.333. The predicted octanol–water partition coefficient (Wildman–Crippen LogP) is 3.66. The normalized spacial score (nSPS) is 11.6. The van der Waals surface area contributed by atoms with Crippen LogP contribution in [0.3, 0.4) is 0 Å². The summed E-state index contributed by atoms with van der Waals surface area (Å²) in [5, 5.41) is 4.08. The maximum absolute atomic E-state index is 12.3. The Balaban J connectivity index is 2.36. The summed E-state index contributed by atoms with van der Waals surface area (Å²) in [6.07, 6.45) is 0. The lowest BCUT2D eigenvalue weighted by atomic mass is 9.97. The van der Waals surface area contributed by atoms with Crippen LogP contribution < -0.4 is 5.32 Å². The van der Waals surface area contributed by atoms with Crippen LogP contribution in [0.1, 0.15) is 31.1 Å². The minimum absolute atomic E-state index is 0.0439. The molecule has 1 N–H and O–H groups in total. The van der Waals surface area contributed by atoms with E-state index in [0.29, 0.717) is 17.3 Å². The maximum atomic E-state index is 12.3. The lowest BCUT2D eigenvalue weighted by molar-refractivity contribution is 0.0941. The van der Waals surface area contributed by atoms with Gasteiger partial charge in [0.1, 0.15) is 5.15 Å². The highest BCUT2D eigenvalue weighted by molar-refractivity contribution is 6.30. The van der Waals surface area contributed by atoms with Gasteiger partial charge in [0.05, 0.1) is 11.1 Å². The Morgan fingerprint density at radius 3 is 2.68 bits per heavy atom. The minimum atomic E-state index is -0.115. The molecule has 0 aliphatic heterocycles. The molecule has 1 amide bonds. The monoisotopic (exact) mass is 276 g/mol. The van der Waals surface area contributed by atoms with Crippen LogP contribution in [0, 0.1) is 5.41 Å². The second kappa shape index (κ2) is 5.17. The molecule has 3 nitrogen and oxygen atoms in total. The first kappa shape index (κ1) is 13.8. The van der Waals surface area contributed by atoms with Crippen molar-refractivity contribution in [3.8, 4) is 0 Å². The Labute approximate surface area is 118 Å². The first-order chi connectivity index (χ1) is 8.87. The largest absolute Gasteiger partial charge is 0.351 e. The Morgan fingerprint density at radius 1 is 1.32 bits per heavy atom. The molecule has 2 rings (SSSR count). The van der Waals surface area contributed by atoms with Gasteiger partial charge in [-0.15, -0.1) is 0 Å². The van der Waals surface area contributed by atoms with E-state index in [-0.39, 0.29) is 11.3 Å². The van der Waals surface area contributed by atoms with Crippen LogP contribution in [0.4, 0.5) is 0 Å². The number of halogens is 1. The first-order valence-electron chi connectivity index (χ1n) is 6.20. The maximum Gasteiger partial charge on any atom is 0.252 e. The summed E-state index contributed by atoms with van der Waals surface area (Å²) in [6.45, 7) is 6.83. The van der Waals surface area contributed by atoms with Gasteiger partial charge in [0, 0.05) is 11.9 Å². The molecule has 0 atom stereocenters. The zero-order valence-corrected chi connectivity index (χ0v) is 12.1. The highest BCUT2D eigenvalue weighted by atomic mass is 35.5. The number of hydrogen-bond donors (Lipinski definition) is 1. The minimum Gasteiger partial charge on any atom is -0.351 e. The molecule has 4 heteroatoms. The Hall–Kier alpha value is -1.61. The predicted molar refractivity (Wildman–Crippen MR) is 78.5 cm³/mol. The summed E-state index contributed by atoms with van der Waals surface area (Å²) in [5.74, 6) is -0.115. The van der Waals surface area contributed by atoms with E-state index in [1.807, 2.05) is 24.3 Å². The SMILES string of the molecule is CC(C)(C)CNC(=O)c1cc(Cl)nc2ccccc12. The van der Waals surface area contributed by atoms with Gasteiger partial charge in [-0.25, -0.2) is 4.98 Å². The molecule has 0 radical (unpaired) electrons. The quantitative estimate of drug-likeness (QED) is 0.851. The first-order valence-corrected chi connectivity index (χ1v) is 6.58. The number of para-hydroxylation sites is 1. The van der Waals surface area contributed by atoms with Gasteiger partial charge in [-0.3, -0.25) is 4.79 Å². The zero-order valence-electron chi connectivity index (χ0n) is 11.3. The number of carbonyl (C=O) groups is 1. The van der Waals surface area contributed by atoms with Crippen molar-refractivity contribution in [2.75, 3.05) is 6.54 Å². The Kier molecular flexibility index (Phi) is 3.76. The average molecular weight is 277 g/mol. The molecule has 1 aromatic carbocycles. The van der Waals surface area contributed by atoms with Crippen molar-refractivity contribution in [1.82, 2.24) is 10.3 Å². The van der Waals surface area contributed by atoms with Crippen LogP contribution in [-0.4, -0.2) is 17.4 Å². The second-order valence-corrected chi connectivity index (χ2v) is 6.14. The van der Waals surface area contributed by atoms with Crippen molar-refractivity contribution in [2.24, 2.45) is 5.41 Å². The smallest absolute Gasteiger partial charge is 0.252 e. The molecule has 2 aromatic rings. The van der Waals surface area contributed by atoms with Gasteiger partial charge in [-0.05, 0) is 17.5 Å². The number of nitrogens with zero attached hydrogens (tertiary/aromatic N) is 1. The topological polar surface area (TPSA) is 42.0 Å². The molecule has 0 aliphatic rings. The second-order valence-electron chi connectivity index (χ2n) is 5.75. The van der Waals surface area contributed by atoms with E-state index in [1.54, 1.807) is 6.07 Å². The van der Waals surface area contributed by atoms with Crippen LogP contribution in [0.2, 0.25) is 5.15 Å². The summed E-state index contributed by atoms with van der Waals surface area (Å²) < 4.78 is 0. The number of amides is 1. The summed E-state index contributed by atoms with van der Waals surface area (Å²) in [5.41, 5.74) is 1.35. The fourth-order valence-corrected chi connectivity index (χ4v) is 1.97. The van der Waals surface area contributed by atoms with E-state index in [0.717, 1.165) is 10.9 Å². The third-order valence-electron chi connectivity index (χ3n) is 2.71. The molecule has 1 aromatic heterocycles. The molecule has 19 heavy (non-hydrogen) atoms. The molecule has 0 saturated carbocycles. The molecule has 0 fully saturated rings. The van der Waals surface area contributed by atoms with E-state index in [9.17, 15) is 4.79 Å². The fourth-order valence-electron chi connectivity index (χ4n) is 1.77. The molecule has 0 spiro atoms. The van der Waals surface area contributed by atoms with Gasteiger partial charge in [0.25, 0.3) is 5.91 Å². The van der Waals surface area contributed by atoms with E-state index in [1.165, 1.54) is 0 Å². The van der Waals surface area contributed by atoms with E-state index < -0.39 is 0 Å². The molecule has 0 unspecified atom stereocenters. The molecule has 100 valence electrons. The lowest BCUT2D eigenvalue weighted by Crippen LogP contribution is -2.32. The van der Waals surface area contributed by atoms with Gasteiger partial charge in [0.2, 0.25) is 0 Å². The van der Waals surface area contributed by atoms with E-state index in [2.05, 4.69) is 31.1 Å². The lowest BCUT2D eigenvalue weighted by Gasteiger charge is -2.19. The van der Waals surface area contributed by atoms with E-state index >= 15 is 0 Å². The number of hydrogen-bond acceptors (Lipinski definition) is 2. The van der Waals surface area contributed by atoms with Crippen LogP contribution in [0.15, 0.2) is 30.3 Å². The summed E-state index contributed by atoms with van der Waals surface area (Å²) in [4.78, 5) is 16.5. The van der Waals surface area contributed by atoms with Crippen molar-refractivity contribution in [2.45, 2.75) is 20.8 Å². The van der Waals surface area contributed by atoms with Gasteiger partial charge < -0.3 is 5.32 Å². The standard InChI is InChI=1S/C15H17ClN2O/c1-15(2,3)9-17-14(19)11-8-13(16)18-12-7-5-4-6-10(11)12/h4-8H,9H2,1-3H3,(H,17,19). The number of carbonyl (C=O) groups excluding carboxylic acids is 1. The van der Waals surface area contributed by atoms with Gasteiger partial charge in [-0.1, -0.05) is 50.6 Å². The van der Waals surface area contributed by atoms with Gasteiger partial charge >= 0.3 is 0 Å². The Morgan fingerprint density at radius 2 is 2.00 bits per heavy atom. The molecular formula is C15H17ClN2O. The number of rotatable bonds is 2. The zero-order chi connectivity index (χ0) is 14.0. The van der Waals surface area contributed by atoms with Gasteiger partial charge in [0.15, 0.2) is 0 Å². The summed E-state index contributed by atoms with van der Waals surface area (Å²) in [7, 11) is 0. The molecular weight excluding hydrogens is 260 g/mol. The molecule has 0 aliphatic carbocycles. The molecule has 0 bridgehead atoms. The van der Waals surface area contributed by atoms with Crippen LogP contribution in [0.25, 0.3) is 10.9 Å². The molecule has 1 heterocycles. The van der Waals surface area contributed by atoms with Crippen LogP contribution >= 0.6 is 11.6 Å². The third-order valence-corrected chi connectivity index (χ3v) is 2.90. The van der Waals surface area contributed by atoms with Crippen LogP contribution in [-0.2, 0) is 0 Å². The average Bonchev–Trinajstić information content (AvgIpc) is 2.34. The number of pyridine rings is 1. The van der Waals surface area contributed by atoms with Crippen molar-refractivity contribution in [3.05, 3.63) is 41.0 Å². The van der Waals surface area contributed by atoms with Crippen molar-refractivity contribution >= 4 is 28.4 Å². The highest BCUT2D eigenvalue weighted by Crippen LogP contribution is 2.21. The van der Waals surface area contributed by atoms with Crippen molar-refractivity contribution in [3.63, 3.8) is 0 Å². The van der Waals surface area contributed by atoms with E-state index in [4.69, 9.17) is 11.6 Å². The summed E-state index contributed by atoms with van der Waals surface area (Å²) in [6, 6.07) is 9.11. The molecule has 0 saturated heterocycles. The van der Waals surface area contributed by atoms with Crippen LogP contribution in [0.5, 0.6) is 0 Å². The van der Waals surface area contributed by atoms with Crippen molar-refractivity contribution < 1.29 is 4.79 Å². The number of fused-ring (bicyclic) bond motifs is 1. The highest BCUT2D eigenvalue weighted by Gasteiger charge is 2.15. The Bertz CT molecular complexity index is 617.